The summed E-state index contributed by atoms with van der Waals surface area (Å²) in [5, 5.41) is 6.91. The number of carbonyl (C=O) groups is 4. The molecule has 4 aromatic rings. The summed E-state index contributed by atoms with van der Waals surface area (Å²) in [5.74, 6) is 5.06. The van der Waals surface area contributed by atoms with Gasteiger partial charge in [-0.1, -0.05) is 43.5 Å². The summed E-state index contributed by atoms with van der Waals surface area (Å²) >= 11 is 6.08. The van der Waals surface area contributed by atoms with Gasteiger partial charge in [-0.15, -0.1) is 0 Å². The zero-order chi connectivity index (χ0) is 36.7. The molecule has 0 radical (unpaired) electrons. The normalized spacial score (nSPS) is 14.9. The molecule has 12 nitrogen and oxygen atoms in total. The first-order valence-corrected chi connectivity index (χ1v) is 17.6. The standard InChI is InChI=1S/C39H40ClN5O7/c1-26(2)36(29-5-7-31(40)8-6-29)38(49)44-17-12-39(13-18-44)51-32-9-3-27(22-33(32)52-39)4-10-34(47)41-14-19-50-20-15-42-35(48)24-45-16-11-30-21-28(25-46)23-43-37(30)45/h3,5-9,11,16,21-23,25-26,36H,12-15,17-20,24H2,1-2H3,(H,41,47)(H,42,48). The number of aldehydes is 1. The lowest BCUT2D eigenvalue weighted by Crippen LogP contribution is -2.52. The van der Waals surface area contributed by atoms with Gasteiger partial charge in [0.1, 0.15) is 12.2 Å². The molecule has 3 amide bonds. The van der Waals surface area contributed by atoms with E-state index in [4.69, 9.17) is 25.8 Å². The van der Waals surface area contributed by atoms with E-state index in [2.05, 4.69) is 41.3 Å². The molecule has 0 bridgehead atoms. The van der Waals surface area contributed by atoms with Crippen LogP contribution in [-0.2, 0) is 25.7 Å². The lowest BCUT2D eigenvalue weighted by Gasteiger charge is -2.39. The van der Waals surface area contributed by atoms with E-state index in [-0.39, 0.29) is 50.0 Å². The summed E-state index contributed by atoms with van der Waals surface area (Å²) in [6.45, 7) is 6.28. The smallest absolute Gasteiger partial charge is 0.296 e. The fraction of sp³-hybridized carbons (Fsp3) is 0.359. The number of amides is 3. The van der Waals surface area contributed by atoms with Crippen molar-refractivity contribution in [2.45, 2.75) is 44.9 Å². The maximum atomic E-state index is 13.6. The molecular weight excluding hydrogens is 686 g/mol. The van der Waals surface area contributed by atoms with Crippen LogP contribution in [0.2, 0.25) is 5.02 Å². The predicted molar refractivity (Wildman–Crippen MR) is 194 cm³/mol. The molecule has 1 unspecified atom stereocenters. The minimum Gasteiger partial charge on any atom is -0.448 e. The third kappa shape index (κ3) is 8.73. The second kappa shape index (κ2) is 16.3. The van der Waals surface area contributed by atoms with E-state index in [1.165, 1.54) is 6.20 Å². The van der Waals surface area contributed by atoms with Crippen LogP contribution in [0.5, 0.6) is 11.5 Å². The van der Waals surface area contributed by atoms with Crippen LogP contribution >= 0.6 is 11.6 Å². The first-order valence-electron chi connectivity index (χ1n) is 17.2. The van der Waals surface area contributed by atoms with Crippen molar-refractivity contribution in [3.05, 3.63) is 88.7 Å². The maximum absolute atomic E-state index is 13.6. The average molecular weight is 726 g/mol. The van der Waals surface area contributed by atoms with E-state index in [0.717, 1.165) is 17.2 Å². The number of halogens is 1. The molecular formula is C39H40ClN5O7. The van der Waals surface area contributed by atoms with Gasteiger partial charge in [-0.2, -0.15) is 0 Å². The first kappa shape index (κ1) is 36.4. The largest absolute Gasteiger partial charge is 0.448 e. The van der Waals surface area contributed by atoms with Crippen LogP contribution in [0.1, 0.15) is 54.1 Å². The van der Waals surface area contributed by atoms with Gasteiger partial charge in [0, 0.05) is 78.9 Å². The number of piperidine rings is 1. The molecule has 52 heavy (non-hydrogen) atoms. The van der Waals surface area contributed by atoms with Crippen LogP contribution in [0.25, 0.3) is 11.0 Å². The summed E-state index contributed by atoms with van der Waals surface area (Å²) in [5.41, 5.74) is 2.65. The highest BCUT2D eigenvalue weighted by molar-refractivity contribution is 6.30. The van der Waals surface area contributed by atoms with E-state index in [1.54, 1.807) is 41.1 Å². The number of benzene rings is 2. The number of aromatic nitrogens is 2. The van der Waals surface area contributed by atoms with Crippen molar-refractivity contribution in [2.24, 2.45) is 5.92 Å². The highest BCUT2D eigenvalue weighted by atomic mass is 35.5. The van der Waals surface area contributed by atoms with Crippen molar-refractivity contribution in [1.82, 2.24) is 25.1 Å². The van der Waals surface area contributed by atoms with Gasteiger partial charge >= 0.3 is 0 Å². The molecule has 2 aliphatic heterocycles. The SMILES string of the molecule is CC(C)C(C(=O)N1CCC2(CC1)Oc1ccc(C#CC(=O)NCCOCCNC(=O)Cn3ccc4cc(C=O)cnc43)cc1O2)c1ccc(Cl)cc1. The maximum Gasteiger partial charge on any atom is 0.296 e. The van der Waals surface area contributed by atoms with Gasteiger partial charge in [-0.3, -0.25) is 19.2 Å². The van der Waals surface area contributed by atoms with E-state index in [0.29, 0.717) is 65.8 Å². The fourth-order valence-electron chi connectivity index (χ4n) is 6.40. The molecule has 2 N–H and O–H groups in total. The summed E-state index contributed by atoms with van der Waals surface area (Å²) in [6.07, 6.45) is 4.99. The number of rotatable bonds is 12. The van der Waals surface area contributed by atoms with Crippen molar-refractivity contribution in [3.63, 3.8) is 0 Å². The highest BCUT2D eigenvalue weighted by Crippen LogP contribution is 2.44. The number of hydrogen-bond donors (Lipinski definition) is 2. The molecule has 0 aliphatic carbocycles. The van der Waals surface area contributed by atoms with Crippen LogP contribution in [0.4, 0.5) is 0 Å². The molecule has 0 saturated carbocycles. The summed E-state index contributed by atoms with van der Waals surface area (Å²) in [7, 11) is 0. The molecule has 2 aliphatic rings. The van der Waals surface area contributed by atoms with Gasteiger partial charge in [0.25, 0.3) is 11.7 Å². The average Bonchev–Trinajstić information content (AvgIpc) is 3.70. The fourth-order valence-corrected chi connectivity index (χ4v) is 6.52. The number of ether oxygens (including phenoxy) is 3. The minimum atomic E-state index is -0.850. The highest BCUT2D eigenvalue weighted by Gasteiger charge is 2.46. The second-order valence-corrected chi connectivity index (χ2v) is 13.5. The number of fused-ring (bicyclic) bond motifs is 2. The monoisotopic (exact) mass is 725 g/mol. The number of likely N-dealkylation sites (tertiary alicyclic amines) is 1. The third-order valence-corrected chi connectivity index (χ3v) is 9.28. The van der Waals surface area contributed by atoms with E-state index < -0.39 is 11.7 Å². The molecule has 2 aromatic carbocycles. The molecule has 1 fully saturated rings. The van der Waals surface area contributed by atoms with Crippen molar-refractivity contribution in [1.29, 1.82) is 0 Å². The van der Waals surface area contributed by atoms with Crippen molar-refractivity contribution in [3.8, 4) is 23.3 Å². The van der Waals surface area contributed by atoms with Gasteiger partial charge in [0.05, 0.1) is 19.1 Å². The topological polar surface area (TPSA) is 141 Å². The molecule has 13 heteroatoms. The van der Waals surface area contributed by atoms with Crippen molar-refractivity contribution in [2.75, 3.05) is 39.4 Å². The Balaban J connectivity index is 0.891. The Kier molecular flexibility index (Phi) is 11.4. The van der Waals surface area contributed by atoms with Crippen LogP contribution < -0.4 is 20.1 Å². The molecule has 270 valence electrons. The number of nitrogens with zero attached hydrogens (tertiary/aromatic N) is 3. The Morgan fingerprint density at radius 2 is 1.73 bits per heavy atom. The van der Waals surface area contributed by atoms with Crippen LogP contribution in [0.15, 0.2) is 67.0 Å². The quantitative estimate of drug-likeness (QED) is 0.125. The molecule has 1 saturated heterocycles. The van der Waals surface area contributed by atoms with Gasteiger partial charge in [0.2, 0.25) is 11.8 Å². The van der Waals surface area contributed by atoms with Gasteiger partial charge in [-0.05, 0) is 53.9 Å². The van der Waals surface area contributed by atoms with Gasteiger partial charge < -0.3 is 34.3 Å². The predicted octanol–water partition coefficient (Wildman–Crippen LogP) is 4.33. The summed E-state index contributed by atoms with van der Waals surface area (Å²) in [4.78, 5) is 55.3. The Morgan fingerprint density at radius 1 is 1.00 bits per heavy atom. The Bertz CT molecular complexity index is 2010. The second-order valence-electron chi connectivity index (χ2n) is 13.1. The number of hydrogen-bond acceptors (Lipinski definition) is 8. The zero-order valence-electron chi connectivity index (χ0n) is 29.0. The van der Waals surface area contributed by atoms with Crippen LogP contribution in [0, 0.1) is 17.8 Å². The number of pyridine rings is 1. The minimum absolute atomic E-state index is 0.0855. The van der Waals surface area contributed by atoms with Gasteiger partial charge in [-0.25, -0.2) is 4.98 Å². The van der Waals surface area contributed by atoms with E-state index in [9.17, 15) is 19.2 Å². The van der Waals surface area contributed by atoms with Crippen LogP contribution in [-0.4, -0.2) is 83.6 Å². The summed E-state index contributed by atoms with van der Waals surface area (Å²) < 4.78 is 19.8. The van der Waals surface area contributed by atoms with E-state index in [1.807, 2.05) is 29.2 Å². The van der Waals surface area contributed by atoms with Crippen molar-refractivity contribution >= 4 is 46.6 Å². The lowest BCUT2D eigenvalue weighted by molar-refractivity contribution is -0.148. The summed E-state index contributed by atoms with van der Waals surface area (Å²) in [6, 6.07) is 16.3. The lowest BCUT2D eigenvalue weighted by atomic mass is 9.86. The third-order valence-electron chi connectivity index (χ3n) is 9.03. The van der Waals surface area contributed by atoms with Crippen molar-refractivity contribution < 1.29 is 33.4 Å². The number of nitrogens with one attached hydrogen (secondary N) is 2. The molecule has 1 spiro atoms. The number of carbonyl (C=O) groups excluding carboxylic acids is 4. The zero-order valence-corrected chi connectivity index (χ0v) is 29.8. The Morgan fingerprint density at radius 3 is 2.46 bits per heavy atom. The first-order chi connectivity index (χ1) is 25.1. The Hall–Kier alpha value is -5.38. The molecule has 1 atom stereocenters. The Labute approximate surface area is 306 Å². The van der Waals surface area contributed by atoms with Gasteiger partial charge in [0.15, 0.2) is 17.8 Å². The van der Waals surface area contributed by atoms with E-state index >= 15 is 0 Å². The van der Waals surface area contributed by atoms with Crippen LogP contribution in [0.3, 0.4) is 0 Å². The molecule has 6 rings (SSSR count). The molecule has 4 heterocycles. The molecule has 2 aromatic heterocycles.